The molecular formula is C21H15FN6O3. The molecule has 0 saturated heterocycles. The van der Waals surface area contributed by atoms with Gasteiger partial charge >= 0.3 is 0 Å². The zero-order valence-electron chi connectivity index (χ0n) is 16.2. The number of hydrogen-bond acceptors (Lipinski definition) is 6. The largest absolute Gasteiger partial charge is 0.340 e. The third-order valence-electron chi connectivity index (χ3n) is 4.92. The van der Waals surface area contributed by atoms with Gasteiger partial charge in [-0.15, -0.1) is 0 Å². The quantitative estimate of drug-likeness (QED) is 0.463. The number of amides is 1. The number of fused-ring (bicyclic) bond motifs is 3. The van der Waals surface area contributed by atoms with Crippen LogP contribution >= 0.6 is 0 Å². The second-order valence-electron chi connectivity index (χ2n) is 6.89. The maximum absolute atomic E-state index is 14.5. The first kappa shape index (κ1) is 18.7. The van der Waals surface area contributed by atoms with Gasteiger partial charge in [-0.25, -0.2) is 8.91 Å². The second-order valence-corrected chi connectivity index (χ2v) is 6.89. The normalized spacial score (nSPS) is 12.3. The van der Waals surface area contributed by atoms with Crippen LogP contribution in [0.25, 0.3) is 16.6 Å². The van der Waals surface area contributed by atoms with Gasteiger partial charge in [0, 0.05) is 12.5 Å². The van der Waals surface area contributed by atoms with E-state index in [4.69, 9.17) is 4.52 Å². The zero-order chi connectivity index (χ0) is 21.5. The molecule has 0 aliphatic heterocycles. The number of aryl methyl sites for hydroxylation is 1. The lowest BCUT2D eigenvalue weighted by molar-refractivity contribution is 0.0942. The summed E-state index contributed by atoms with van der Waals surface area (Å²) in [5.41, 5.74) is 0.714. The van der Waals surface area contributed by atoms with Crippen molar-refractivity contribution in [2.45, 2.75) is 13.0 Å². The number of nitrogens with zero attached hydrogens (tertiary/aromatic N) is 4. The molecule has 0 fully saturated rings. The van der Waals surface area contributed by atoms with Crippen molar-refractivity contribution in [3.63, 3.8) is 0 Å². The van der Waals surface area contributed by atoms with E-state index in [0.717, 1.165) is 0 Å². The highest BCUT2D eigenvalue weighted by molar-refractivity contribution is 6.01. The SMILES string of the molecule is Cc1nc(C(NC(=O)c2cnn3c2[nH]c(=O)c2ccccc23)c2ccccc2F)no1. The molecule has 1 unspecified atom stereocenters. The van der Waals surface area contributed by atoms with Crippen LogP contribution in [0.15, 0.2) is 64.0 Å². The Hall–Kier alpha value is -4.34. The second kappa shape index (κ2) is 7.17. The lowest BCUT2D eigenvalue weighted by Gasteiger charge is -2.16. The summed E-state index contributed by atoms with van der Waals surface area (Å²) >= 11 is 0. The minimum Gasteiger partial charge on any atom is -0.340 e. The van der Waals surface area contributed by atoms with Gasteiger partial charge in [-0.3, -0.25) is 9.59 Å². The molecule has 31 heavy (non-hydrogen) atoms. The number of rotatable bonds is 4. The molecule has 0 aliphatic rings. The summed E-state index contributed by atoms with van der Waals surface area (Å²) < 4.78 is 21.0. The monoisotopic (exact) mass is 418 g/mol. The smallest absolute Gasteiger partial charge is 0.259 e. The zero-order valence-corrected chi connectivity index (χ0v) is 16.2. The Morgan fingerprint density at radius 3 is 2.74 bits per heavy atom. The number of benzene rings is 2. The topological polar surface area (TPSA) is 118 Å². The van der Waals surface area contributed by atoms with Gasteiger partial charge < -0.3 is 14.8 Å². The Labute approximate surface area is 173 Å². The summed E-state index contributed by atoms with van der Waals surface area (Å²) in [5, 5.41) is 11.3. The van der Waals surface area contributed by atoms with Crippen molar-refractivity contribution in [1.29, 1.82) is 0 Å². The number of halogens is 1. The summed E-state index contributed by atoms with van der Waals surface area (Å²) in [5.74, 6) is -0.741. The summed E-state index contributed by atoms with van der Waals surface area (Å²) in [6, 6.07) is 11.9. The summed E-state index contributed by atoms with van der Waals surface area (Å²) in [6.45, 7) is 1.60. The molecule has 9 nitrogen and oxygen atoms in total. The average Bonchev–Trinajstić information content (AvgIpc) is 3.39. The summed E-state index contributed by atoms with van der Waals surface area (Å²) in [6.07, 6.45) is 1.34. The first-order valence-electron chi connectivity index (χ1n) is 9.37. The minimum atomic E-state index is -1.01. The Morgan fingerprint density at radius 1 is 1.19 bits per heavy atom. The van der Waals surface area contributed by atoms with Gasteiger partial charge in [-0.2, -0.15) is 10.1 Å². The van der Waals surface area contributed by atoms with E-state index in [-0.39, 0.29) is 34.0 Å². The van der Waals surface area contributed by atoms with Crippen LogP contribution in [-0.2, 0) is 0 Å². The van der Waals surface area contributed by atoms with E-state index in [1.807, 2.05) is 0 Å². The van der Waals surface area contributed by atoms with E-state index in [1.54, 1.807) is 43.3 Å². The van der Waals surface area contributed by atoms with E-state index in [9.17, 15) is 14.0 Å². The molecule has 154 valence electrons. The molecule has 3 aromatic heterocycles. The van der Waals surface area contributed by atoms with Crippen molar-refractivity contribution < 1.29 is 13.7 Å². The van der Waals surface area contributed by atoms with Crippen LogP contribution in [0, 0.1) is 12.7 Å². The van der Waals surface area contributed by atoms with Gasteiger partial charge in [0.25, 0.3) is 11.5 Å². The van der Waals surface area contributed by atoms with Crippen molar-refractivity contribution in [1.82, 2.24) is 30.1 Å². The Bertz CT molecular complexity index is 1500. The average molecular weight is 418 g/mol. The molecule has 1 atom stereocenters. The molecule has 1 amide bonds. The summed E-state index contributed by atoms with van der Waals surface area (Å²) in [7, 11) is 0. The van der Waals surface area contributed by atoms with Crippen LogP contribution in [0.2, 0.25) is 0 Å². The van der Waals surface area contributed by atoms with E-state index in [0.29, 0.717) is 10.9 Å². The molecule has 3 heterocycles. The lowest BCUT2D eigenvalue weighted by Crippen LogP contribution is -2.31. The van der Waals surface area contributed by atoms with E-state index in [2.05, 4.69) is 25.5 Å². The molecule has 5 aromatic rings. The van der Waals surface area contributed by atoms with Gasteiger partial charge in [-0.05, 0) is 18.2 Å². The summed E-state index contributed by atoms with van der Waals surface area (Å²) in [4.78, 5) is 32.4. The maximum Gasteiger partial charge on any atom is 0.259 e. The fourth-order valence-electron chi connectivity index (χ4n) is 3.47. The lowest BCUT2D eigenvalue weighted by atomic mass is 10.1. The predicted molar refractivity (Wildman–Crippen MR) is 108 cm³/mol. The van der Waals surface area contributed by atoms with Crippen LogP contribution in [0.4, 0.5) is 4.39 Å². The minimum absolute atomic E-state index is 0.103. The van der Waals surface area contributed by atoms with Crippen molar-refractivity contribution in [3.8, 4) is 0 Å². The Kier molecular flexibility index (Phi) is 4.32. The van der Waals surface area contributed by atoms with Crippen LogP contribution in [0.1, 0.15) is 33.7 Å². The molecule has 2 N–H and O–H groups in total. The molecule has 0 aliphatic carbocycles. The maximum atomic E-state index is 14.5. The van der Waals surface area contributed by atoms with Gasteiger partial charge in [0.05, 0.1) is 17.1 Å². The van der Waals surface area contributed by atoms with Crippen molar-refractivity contribution in [3.05, 3.63) is 93.7 Å². The fourth-order valence-corrected chi connectivity index (χ4v) is 3.47. The van der Waals surface area contributed by atoms with E-state index < -0.39 is 17.8 Å². The van der Waals surface area contributed by atoms with Crippen LogP contribution in [0.5, 0.6) is 0 Å². The number of carbonyl (C=O) groups excluding carboxylic acids is 1. The van der Waals surface area contributed by atoms with Crippen molar-refractivity contribution in [2.24, 2.45) is 0 Å². The van der Waals surface area contributed by atoms with E-state index >= 15 is 0 Å². The van der Waals surface area contributed by atoms with Gasteiger partial charge in [0.1, 0.15) is 23.1 Å². The number of H-pyrrole nitrogens is 1. The van der Waals surface area contributed by atoms with Gasteiger partial charge in [0.15, 0.2) is 5.82 Å². The number of nitrogens with one attached hydrogen (secondary N) is 2. The van der Waals surface area contributed by atoms with E-state index in [1.165, 1.54) is 22.8 Å². The molecule has 0 radical (unpaired) electrons. The van der Waals surface area contributed by atoms with Crippen LogP contribution in [-0.4, -0.2) is 30.6 Å². The standard InChI is InChI=1S/C21H15FN6O3/c1-11-24-18(27-31-11)17(12-6-2-4-8-15(12)22)25-21(30)14-10-23-28-16-9-5-3-7-13(16)20(29)26-19(14)28/h2-10,17H,1H3,(H,25,30)(H,26,29). The number of para-hydroxylation sites is 1. The highest BCUT2D eigenvalue weighted by Crippen LogP contribution is 2.24. The van der Waals surface area contributed by atoms with Crippen LogP contribution < -0.4 is 10.9 Å². The highest BCUT2D eigenvalue weighted by Gasteiger charge is 2.27. The number of carbonyl (C=O) groups is 1. The Morgan fingerprint density at radius 2 is 1.97 bits per heavy atom. The fraction of sp³-hybridized carbons (Fsp3) is 0.0952. The highest BCUT2D eigenvalue weighted by atomic mass is 19.1. The molecule has 10 heteroatoms. The first-order chi connectivity index (χ1) is 15.0. The molecular weight excluding hydrogens is 403 g/mol. The van der Waals surface area contributed by atoms with Crippen molar-refractivity contribution >= 4 is 22.5 Å². The first-order valence-corrected chi connectivity index (χ1v) is 9.37. The van der Waals surface area contributed by atoms with Gasteiger partial charge in [-0.1, -0.05) is 35.5 Å². The molecule has 5 rings (SSSR count). The van der Waals surface area contributed by atoms with Crippen LogP contribution in [0.3, 0.4) is 0 Å². The Balaban J connectivity index is 1.60. The third-order valence-corrected chi connectivity index (χ3v) is 4.92. The van der Waals surface area contributed by atoms with Crippen molar-refractivity contribution in [2.75, 3.05) is 0 Å². The molecule has 0 bridgehead atoms. The van der Waals surface area contributed by atoms with Gasteiger partial charge in [0.2, 0.25) is 5.89 Å². The number of aromatic amines is 1. The third kappa shape index (κ3) is 3.14. The number of hydrogen-bond donors (Lipinski definition) is 2. The predicted octanol–water partition coefficient (Wildman–Crippen LogP) is 2.53. The number of aromatic nitrogens is 5. The molecule has 0 spiro atoms. The molecule has 2 aromatic carbocycles. The molecule has 0 saturated carbocycles.